The number of nitrogens with two attached hydrogens (primary N) is 1. The summed E-state index contributed by atoms with van der Waals surface area (Å²) in [6.07, 6.45) is 4.27. The molecule has 370 valence electrons. The van der Waals surface area contributed by atoms with Crippen molar-refractivity contribution in [2.24, 2.45) is 0 Å². The Morgan fingerprint density at radius 3 is 1.70 bits per heavy atom. The van der Waals surface area contributed by atoms with Crippen molar-refractivity contribution < 1.29 is 23.0 Å². The Morgan fingerprint density at radius 1 is 0.662 bits per heavy atom. The molecule has 9 aromatic rings. The topological polar surface area (TPSA) is 207 Å². The summed E-state index contributed by atoms with van der Waals surface area (Å²) in [7, 11) is 4.17. The molecule has 5 aromatic heterocycles. The van der Waals surface area contributed by atoms with Gasteiger partial charge in [0.2, 0.25) is 33.8 Å². The Hall–Kier alpha value is -6.68. The van der Waals surface area contributed by atoms with Gasteiger partial charge in [0, 0.05) is 11.4 Å². The lowest BCUT2D eigenvalue weighted by Crippen LogP contribution is -2.19. The van der Waals surface area contributed by atoms with Crippen LogP contribution in [0, 0.1) is 39.3 Å². The number of H-pyrrole nitrogens is 1. The van der Waals surface area contributed by atoms with E-state index in [0.717, 1.165) is 59.4 Å². The van der Waals surface area contributed by atoms with Crippen LogP contribution in [0.4, 0.5) is 26.1 Å². The van der Waals surface area contributed by atoms with Crippen LogP contribution >= 0.6 is 69.1 Å². The fourth-order valence-corrected chi connectivity index (χ4v) is 8.80. The average Bonchev–Trinajstić information content (AvgIpc) is 3.87. The van der Waals surface area contributed by atoms with Crippen molar-refractivity contribution in [1.29, 1.82) is 0 Å². The van der Waals surface area contributed by atoms with E-state index < -0.39 is 22.8 Å². The fraction of sp³-hybridized carbons (Fsp3) is 0.191. The number of nitrogens with zero attached hydrogens (tertiary/aromatic N) is 7. The summed E-state index contributed by atoms with van der Waals surface area (Å²) in [6.45, 7) is 8.54. The molecule has 0 saturated heterocycles. The molecule has 0 aliphatic heterocycles. The minimum Gasteiger partial charge on any atom is -0.490 e. The second-order valence-corrected chi connectivity index (χ2v) is 19.0. The standard InChI is InChI=1S/C21H18ClFN4O2S.C12H9Cl2FN2O2.C9H10N2S.C5H5ClN2O2/c1-11-6-17-19(30-12(2)24-17)8-16(11)25-21-26-20(28)18(29-3)10-27(21)9-13-4-5-15(23)14(22)7-13;1-19-10-6-17(12(14)16-11(10)18)5-7-2-3-9(15)8(13)4-7;1-5-3-8-9(4-7(5)10)12-6(2)11-8;1-10-3-2-7-5(6)8-4(3)9/h4-8,10H,9H2,1-3H3,(H,25,26,28);2-4,6H,5H2,1H3;3-4H,10H2,1-2H3;2H,1H3,(H,7,8,9). The highest BCUT2D eigenvalue weighted by Gasteiger charge is 2.14. The van der Waals surface area contributed by atoms with Crippen molar-refractivity contribution in [3.8, 4) is 17.2 Å². The summed E-state index contributed by atoms with van der Waals surface area (Å²) in [5, 5.41) is 5.46. The molecule has 24 heteroatoms. The molecule has 9 rings (SSSR count). The van der Waals surface area contributed by atoms with Crippen molar-refractivity contribution in [3.63, 3.8) is 0 Å². The third kappa shape index (κ3) is 14.0. The van der Waals surface area contributed by atoms with E-state index in [1.54, 1.807) is 51.6 Å². The molecule has 0 fully saturated rings. The molecule has 4 aromatic carbocycles. The molecular weight excluding hydrogens is 1040 g/mol. The van der Waals surface area contributed by atoms with E-state index in [9.17, 15) is 23.2 Å². The molecule has 0 aliphatic rings. The van der Waals surface area contributed by atoms with Crippen LogP contribution in [0.1, 0.15) is 32.3 Å². The highest BCUT2D eigenvalue weighted by molar-refractivity contribution is 7.18. The summed E-state index contributed by atoms with van der Waals surface area (Å²) in [6, 6.07) is 16.8. The zero-order valence-corrected chi connectivity index (χ0v) is 43.3. The van der Waals surface area contributed by atoms with Crippen LogP contribution in [0.2, 0.25) is 20.6 Å². The number of nitrogen functional groups attached to an aromatic ring is 1. The first-order valence-electron chi connectivity index (χ1n) is 20.7. The highest BCUT2D eigenvalue weighted by Crippen LogP contribution is 2.30. The van der Waals surface area contributed by atoms with Gasteiger partial charge in [0.1, 0.15) is 11.6 Å². The lowest BCUT2D eigenvalue weighted by atomic mass is 10.2. The van der Waals surface area contributed by atoms with Gasteiger partial charge < -0.3 is 34.4 Å². The molecule has 0 unspecified atom stereocenters. The SMILES string of the molecule is COc1cn(Cc2ccc(F)c(Cl)c2)c(Cl)nc1=O.COc1cn(Cc2ccc(F)c(Cl)c2)c(Nc2cc3sc(C)nc3cc2C)nc1=O.COc1cnc(Cl)[nH]c1=O.Cc1nc2cc(C)c(N)cc2s1. The number of fused-ring (bicyclic) bond motifs is 2. The first kappa shape index (κ1) is 53.7. The molecule has 0 bridgehead atoms. The lowest BCUT2D eigenvalue weighted by molar-refractivity contribution is 0.402. The van der Waals surface area contributed by atoms with Gasteiger partial charge in [0.05, 0.1) is 93.5 Å². The molecule has 0 aliphatic carbocycles. The number of anilines is 3. The van der Waals surface area contributed by atoms with E-state index in [2.05, 4.69) is 40.0 Å². The summed E-state index contributed by atoms with van der Waals surface area (Å²) in [4.78, 5) is 57.0. The predicted molar refractivity (Wildman–Crippen MR) is 278 cm³/mol. The van der Waals surface area contributed by atoms with Crippen LogP contribution in [-0.4, -0.2) is 60.4 Å². The predicted octanol–water partition coefficient (Wildman–Crippen LogP) is 10.7. The number of nitrogens with one attached hydrogen (secondary N) is 2. The van der Waals surface area contributed by atoms with Crippen molar-refractivity contribution in [2.75, 3.05) is 32.4 Å². The number of aromatic nitrogens is 8. The molecular formula is C47H42Cl4F2N10O6S2. The van der Waals surface area contributed by atoms with Gasteiger partial charge in [-0.1, -0.05) is 35.3 Å². The van der Waals surface area contributed by atoms with Gasteiger partial charge >= 0.3 is 11.1 Å². The van der Waals surface area contributed by atoms with Gasteiger partial charge in [-0.15, -0.1) is 22.7 Å². The number of halogens is 6. The van der Waals surface area contributed by atoms with Gasteiger partial charge in [0.15, 0.2) is 0 Å². The van der Waals surface area contributed by atoms with E-state index in [1.165, 1.54) is 61.2 Å². The summed E-state index contributed by atoms with van der Waals surface area (Å²) >= 11 is 26.1. The molecule has 5 heterocycles. The number of thiazole rings is 2. The molecule has 16 nitrogen and oxygen atoms in total. The van der Waals surface area contributed by atoms with Crippen LogP contribution in [0.15, 0.2) is 93.6 Å². The Morgan fingerprint density at radius 2 is 1.17 bits per heavy atom. The summed E-state index contributed by atoms with van der Waals surface area (Å²) in [5.41, 5.74) is 11.6. The summed E-state index contributed by atoms with van der Waals surface area (Å²) < 4.78 is 46.7. The Balaban J connectivity index is 0.000000171. The van der Waals surface area contributed by atoms with Crippen molar-refractivity contribution in [2.45, 2.75) is 40.8 Å². The Kier molecular flexibility index (Phi) is 18.1. The molecule has 71 heavy (non-hydrogen) atoms. The number of aromatic amines is 1. The largest absolute Gasteiger partial charge is 0.490 e. The minimum absolute atomic E-state index is 0.0197. The van der Waals surface area contributed by atoms with Crippen LogP contribution < -0.4 is 41.9 Å². The Bertz CT molecular complexity index is 3530. The quantitative estimate of drug-likeness (QED) is 0.0909. The van der Waals surface area contributed by atoms with Crippen LogP contribution in [0.25, 0.3) is 20.4 Å². The maximum absolute atomic E-state index is 13.5. The zero-order chi connectivity index (χ0) is 51.7. The number of ether oxygens (including phenoxy) is 3. The maximum Gasteiger partial charge on any atom is 0.316 e. The van der Waals surface area contributed by atoms with Gasteiger partial charge in [-0.05, 0) is 122 Å². The third-order valence-electron chi connectivity index (χ3n) is 9.92. The molecule has 0 radical (unpaired) electrons. The van der Waals surface area contributed by atoms with Crippen LogP contribution in [0.5, 0.6) is 17.2 Å². The second kappa shape index (κ2) is 24.0. The minimum atomic E-state index is -0.541. The van der Waals surface area contributed by atoms with Crippen LogP contribution in [-0.2, 0) is 13.1 Å². The van der Waals surface area contributed by atoms with E-state index in [-0.39, 0.29) is 43.4 Å². The third-order valence-corrected chi connectivity index (χ3v) is 12.9. The average molecular weight is 1090 g/mol. The molecule has 0 saturated carbocycles. The maximum atomic E-state index is 13.5. The first-order valence-corrected chi connectivity index (χ1v) is 23.8. The zero-order valence-electron chi connectivity index (χ0n) is 38.7. The smallest absolute Gasteiger partial charge is 0.316 e. The van der Waals surface area contributed by atoms with E-state index in [0.29, 0.717) is 19.0 Å². The molecule has 0 spiro atoms. The fourth-order valence-electron chi connectivity index (χ4n) is 6.37. The first-order chi connectivity index (χ1) is 33.7. The monoisotopic (exact) mass is 1080 g/mol. The molecule has 4 N–H and O–H groups in total. The lowest BCUT2D eigenvalue weighted by Gasteiger charge is -2.16. The normalized spacial score (nSPS) is 10.7. The number of aryl methyl sites for hydroxylation is 4. The number of benzene rings is 4. The Labute approximate surface area is 431 Å². The van der Waals surface area contributed by atoms with E-state index in [4.69, 9.17) is 61.6 Å². The van der Waals surface area contributed by atoms with Gasteiger partial charge in [-0.3, -0.25) is 19.4 Å². The number of hydrogen-bond acceptors (Lipinski definition) is 15. The summed E-state index contributed by atoms with van der Waals surface area (Å²) in [5.74, 6) is -0.295. The molecule has 0 atom stereocenters. The van der Waals surface area contributed by atoms with Crippen molar-refractivity contribution in [1.82, 2.24) is 39.0 Å². The van der Waals surface area contributed by atoms with E-state index in [1.807, 2.05) is 52.0 Å². The van der Waals surface area contributed by atoms with Crippen molar-refractivity contribution >= 4 is 107 Å². The van der Waals surface area contributed by atoms with Gasteiger partial charge in [0.25, 0.3) is 5.56 Å². The number of methoxy groups -OCH3 is 3. The molecule has 0 amide bonds. The van der Waals surface area contributed by atoms with Crippen molar-refractivity contribution in [3.05, 3.63) is 175 Å². The van der Waals surface area contributed by atoms with E-state index >= 15 is 0 Å². The number of rotatable bonds is 9. The highest BCUT2D eigenvalue weighted by atomic mass is 35.5. The number of hydrogen-bond donors (Lipinski definition) is 3. The van der Waals surface area contributed by atoms with Gasteiger partial charge in [-0.25, -0.2) is 23.7 Å². The van der Waals surface area contributed by atoms with Gasteiger partial charge in [-0.2, -0.15) is 9.97 Å². The second-order valence-electron chi connectivity index (χ2n) is 15.0. The van der Waals surface area contributed by atoms with Crippen LogP contribution in [0.3, 0.4) is 0 Å².